The molecule has 194 valence electrons. The summed E-state index contributed by atoms with van der Waals surface area (Å²) in [5.74, 6) is 2.01. The van der Waals surface area contributed by atoms with Crippen LogP contribution in [0.4, 0.5) is 8.78 Å². The fourth-order valence-electron chi connectivity index (χ4n) is 5.31. The molecule has 1 unspecified atom stereocenters. The van der Waals surface area contributed by atoms with E-state index < -0.39 is 20.0 Å². The summed E-state index contributed by atoms with van der Waals surface area (Å²) in [6, 6.07) is 12.1. The minimum absolute atomic E-state index is 0.327. The minimum Gasteiger partial charge on any atom is -0.416 e. The maximum atomic E-state index is 13.7. The molecule has 5 heteroatoms. The molecule has 0 heterocycles. The van der Waals surface area contributed by atoms with Crippen molar-refractivity contribution in [2.45, 2.75) is 90.8 Å². The standard InChI is InChI=1S/C31H40F2O2Si/c1-9-28(24-11-15-26(32)16-12-24)30(19-20-36(21(3)4,22(5)6)23(7)8)35-31(34)29(10-2)25-13-17-27(33)18-14-25/h11-18,21-23,29H,9-10H2,1-8H3/b30-28+. The van der Waals surface area contributed by atoms with Crippen LogP contribution in [-0.4, -0.2) is 14.0 Å². The van der Waals surface area contributed by atoms with Gasteiger partial charge in [-0.3, -0.25) is 4.79 Å². The van der Waals surface area contributed by atoms with Gasteiger partial charge in [-0.2, -0.15) is 0 Å². The van der Waals surface area contributed by atoms with E-state index in [-0.39, 0.29) is 11.6 Å². The molecule has 0 aromatic heterocycles. The van der Waals surface area contributed by atoms with Gasteiger partial charge in [-0.25, -0.2) is 8.78 Å². The van der Waals surface area contributed by atoms with Crippen molar-refractivity contribution in [3.8, 4) is 11.5 Å². The van der Waals surface area contributed by atoms with Gasteiger partial charge < -0.3 is 4.74 Å². The molecule has 0 aliphatic rings. The van der Waals surface area contributed by atoms with E-state index in [2.05, 4.69) is 53.0 Å². The van der Waals surface area contributed by atoms with E-state index in [0.717, 1.165) is 11.1 Å². The molecular formula is C31H40F2O2Si. The Hall–Kier alpha value is -2.71. The van der Waals surface area contributed by atoms with E-state index in [9.17, 15) is 13.6 Å². The minimum atomic E-state index is -2.10. The van der Waals surface area contributed by atoms with Crippen LogP contribution in [0.3, 0.4) is 0 Å². The maximum Gasteiger partial charge on any atom is 0.319 e. The Balaban J connectivity index is 2.67. The van der Waals surface area contributed by atoms with Crippen molar-refractivity contribution in [1.82, 2.24) is 0 Å². The lowest BCUT2D eigenvalue weighted by atomic mass is 9.96. The van der Waals surface area contributed by atoms with Gasteiger partial charge in [0.2, 0.25) is 0 Å². The van der Waals surface area contributed by atoms with Gasteiger partial charge in [-0.05, 0) is 70.8 Å². The Bertz CT molecular complexity index is 1080. The summed E-state index contributed by atoms with van der Waals surface area (Å²) < 4.78 is 33.2. The summed E-state index contributed by atoms with van der Waals surface area (Å²) in [5.41, 5.74) is 7.16. The van der Waals surface area contributed by atoms with Gasteiger partial charge in [0.15, 0.2) is 5.76 Å². The molecule has 2 aromatic rings. The molecule has 0 spiro atoms. The molecule has 0 bridgehead atoms. The third-order valence-electron chi connectivity index (χ3n) is 7.25. The third-order valence-corrected chi connectivity index (χ3v) is 13.5. The highest BCUT2D eigenvalue weighted by Gasteiger charge is 2.42. The average Bonchev–Trinajstić information content (AvgIpc) is 2.82. The van der Waals surface area contributed by atoms with Crippen LogP contribution < -0.4 is 0 Å². The zero-order valence-corrected chi connectivity index (χ0v) is 23.9. The molecule has 2 nitrogen and oxygen atoms in total. The van der Waals surface area contributed by atoms with Crippen LogP contribution in [0.1, 0.15) is 85.3 Å². The van der Waals surface area contributed by atoms with Gasteiger partial charge in [0.05, 0.1) is 5.92 Å². The summed E-state index contributed by atoms with van der Waals surface area (Å²) in [4.78, 5) is 13.4. The van der Waals surface area contributed by atoms with Gasteiger partial charge in [-0.1, -0.05) is 79.7 Å². The van der Waals surface area contributed by atoms with Crippen LogP contribution in [0, 0.1) is 23.1 Å². The lowest BCUT2D eigenvalue weighted by Crippen LogP contribution is -2.43. The van der Waals surface area contributed by atoms with Crippen molar-refractivity contribution in [1.29, 1.82) is 0 Å². The van der Waals surface area contributed by atoms with Crippen molar-refractivity contribution in [3.05, 3.63) is 77.1 Å². The van der Waals surface area contributed by atoms with Gasteiger partial charge in [0.25, 0.3) is 0 Å². The highest BCUT2D eigenvalue weighted by molar-refractivity contribution is 6.90. The maximum absolute atomic E-state index is 13.7. The first-order valence-corrected chi connectivity index (χ1v) is 15.2. The first-order valence-electron chi connectivity index (χ1n) is 13.0. The molecule has 0 amide bonds. The number of hydrogen-bond acceptors (Lipinski definition) is 2. The third kappa shape index (κ3) is 6.73. The fraction of sp³-hybridized carbons (Fsp3) is 0.452. The Morgan fingerprint density at radius 1 is 0.833 bits per heavy atom. The number of allylic oxidation sites excluding steroid dienone is 2. The number of ether oxygens (including phenoxy) is 1. The first kappa shape index (κ1) is 29.5. The summed E-state index contributed by atoms with van der Waals surface area (Å²) in [7, 11) is -2.10. The Kier molecular flexibility index (Phi) is 10.7. The summed E-state index contributed by atoms with van der Waals surface area (Å²) >= 11 is 0. The lowest BCUT2D eigenvalue weighted by molar-refractivity contribution is -0.140. The monoisotopic (exact) mass is 510 g/mol. The van der Waals surface area contributed by atoms with E-state index in [1.54, 1.807) is 24.3 Å². The molecule has 0 aliphatic carbocycles. The van der Waals surface area contributed by atoms with Gasteiger partial charge >= 0.3 is 5.97 Å². The summed E-state index contributed by atoms with van der Waals surface area (Å²) in [6.07, 6.45) is 1.07. The molecule has 36 heavy (non-hydrogen) atoms. The number of carbonyl (C=O) groups is 1. The normalized spacial score (nSPS) is 13.4. The second kappa shape index (κ2) is 13.0. The molecule has 0 aliphatic heterocycles. The van der Waals surface area contributed by atoms with Crippen molar-refractivity contribution in [2.24, 2.45) is 0 Å². The summed E-state index contributed by atoms with van der Waals surface area (Å²) in [5, 5.41) is 0. The number of hydrogen-bond donors (Lipinski definition) is 0. The predicted octanol–water partition coefficient (Wildman–Crippen LogP) is 9.04. The Morgan fingerprint density at radius 2 is 1.31 bits per heavy atom. The van der Waals surface area contributed by atoms with Gasteiger partial charge in [0.1, 0.15) is 19.7 Å². The predicted molar refractivity (Wildman–Crippen MR) is 148 cm³/mol. The van der Waals surface area contributed by atoms with Crippen LogP contribution in [0.2, 0.25) is 16.6 Å². The molecule has 1 atom stereocenters. The highest BCUT2D eigenvalue weighted by Crippen LogP contribution is 2.41. The molecule has 0 saturated carbocycles. The largest absolute Gasteiger partial charge is 0.416 e. The molecular weight excluding hydrogens is 470 g/mol. The number of esters is 1. The molecule has 0 radical (unpaired) electrons. The number of rotatable bonds is 9. The Morgan fingerprint density at radius 3 is 1.72 bits per heavy atom. The van der Waals surface area contributed by atoms with Crippen molar-refractivity contribution in [2.75, 3.05) is 0 Å². The van der Waals surface area contributed by atoms with Crippen molar-refractivity contribution in [3.63, 3.8) is 0 Å². The first-order chi connectivity index (χ1) is 17.0. The van der Waals surface area contributed by atoms with Crippen LogP contribution in [0.25, 0.3) is 5.57 Å². The van der Waals surface area contributed by atoms with Crippen LogP contribution >= 0.6 is 0 Å². The fourth-order valence-corrected chi connectivity index (χ4v) is 10.5. The van der Waals surface area contributed by atoms with Crippen molar-refractivity contribution < 1.29 is 18.3 Å². The molecule has 0 N–H and O–H groups in total. The van der Waals surface area contributed by atoms with Crippen molar-refractivity contribution >= 4 is 19.6 Å². The van der Waals surface area contributed by atoms with E-state index in [0.29, 0.717) is 40.8 Å². The highest BCUT2D eigenvalue weighted by atomic mass is 28.3. The Labute approximate surface area is 217 Å². The second-order valence-electron chi connectivity index (χ2n) is 10.2. The zero-order chi connectivity index (χ0) is 27.0. The van der Waals surface area contributed by atoms with Crippen LogP contribution in [0.15, 0.2) is 54.3 Å². The topological polar surface area (TPSA) is 26.3 Å². The lowest BCUT2D eigenvalue weighted by Gasteiger charge is -2.38. The molecule has 0 saturated heterocycles. The number of carbonyl (C=O) groups excluding carboxylic acids is 1. The van der Waals surface area contributed by atoms with E-state index in [1.807, 2.05) is 13.8 Å². The van der Waals surface area contributed by atoms with E-state index in [1.165, 1.54) is 24.3 Å². The second-order valence-corrected chi connectivity index (χ2v) is 15.8. The smallest absolute Gasteiger partial charge is 0.319 e. The number of halogens is 2. The SMILES string of the molecule is CC/C(=C(/C#C[Si](C(C)C)(C(C)C)C(C)C)OC(=O)C(CC)c1ccc(F)cc1)c1ccc(F)cc1. The van der Waals surface area contributed by atoms with E-state index >= 15 is 0 Å². The van der Waals surface area contributed by atoms with Crippen LogP contribution in [-0.2, 0) is 9.53 Å². The number of benzene rings is 2. The van der Waals surface area contributed by atoms with E-state index in [4.69, 9.17) is 4.74 Å². The van der Waals surface area contributed by atoms with Gasteiger partial charge in [0, 0.05) is 5.57 Å². The quantitative estimate of drug-likeness (QED) is 0.146. The average molecular weight is 511 g/mol. The van der Waals surface area contributed by atoms with Gasteiger partial charge in [-0.15, -0.1) is 5.54 Å². The molecule has 0 fully saturated rings. The zero-order valence-electron chi connectivity index (χ0n) is 22.9. The molecule has 2 rings (SSSR count). The van der Waals surface area contributed by atoms with Crippen LogP contribution in [0.5, 0.6) is 0 Å². The summed E-state index contributed by atoms with van der Waals surface area (Å²) in [6.45, 7) is 17.3. The molecule has 2 aromatic carbocycles.